The van der Waals surface area contributed by atoms with Crippen LogP contribution < -0.4 is 28.9 Å². The minimum absolute atomic E-state index is 0.0375. The molecule has 3 fully saturated rings. The third-order valence-electron chi connectivity index (χ3n) is 13.6. The fraction of sp³-hybridized carbons (Fsp3) is 0.469. The maximum Gasteiger partial charge on any atom is 0.417 e. The molecule has 0 saturated carbocycles. The molecule has 1 N–H and O–H groups in total. The van der Waals surface area contributed by atoms with Gasteiger partial charge in [0.05, 0.1) is 55.7 Å². The summed E-state index contributed by atoms with van der Waals surface area (Å²) in [5, 5.41) is 10.5. The number of alkyl halides is 3. The number of hydrogen-bond donors (Lipinski definition) is 1. The first-order valence-corrected chi connectivity index (χ1v) is 22.4. The monoisotopic (exact) mass is 931 g/mol. The maximum absolute atomic E-state index is 18.0. The van der Waals surface area contributed by atoms with Crippen molar-refractivity contribution in [2.45, 2.75) is 115 Å². The van der Waals surface area contributed by atoms with Gasteiger partial charge >= 0.3 is 12.3 Å². The summed E-state index contributed by atoms with van der Waals surface area (Å²) >= 11 is 0. The van der Waals surface area contributed by atoms with Gasteiger partial charge in [0.2, 0.25) is 11.8 Å². The molecule has 0 spiro atoms. The van der Waals surface area contributed by atoms with Crippen molar-refractivity contribution in [1.82, 2.24) is 19.9 Å². The molecule has 1 unspecified atom stereocenters. The number of ether oxygens (including phenoxy) is 4. The summed E-state index contributed by atoms with van der Waals surface area (Å²) in [4.78, 5) is 35.2. The van der Waals surface area contributed by atoms with E-state index in [0.29, 0.717) is 48.4 Å². The molecule has 2 bridgehead atoms. The van der Waals surface area contributed by atoms with Crippen LogP contribution in [0.25, 0.3) is 22.2 Å². The molecule has 4 aliphatic heterocycles. The number of aromatic nitrogens is 3. The molecule has 1 amide bonds. The molecular formula is C49H54F5N7O6. The number of fused-ring (bicyclic) bond motifs is 5. The highest BCUT2D eigenvalue weighted by Gasteiger charge is 2.54. The third-order valence-corrected chi connectivity index (χ3v) is 13.6. The van der Waals surface area contributed by atoms with Gasteiger partial charge in [-0.3, -0.25) is 4.90 Å². The summed E-state index contributed by atoms with van der Waals surface area (Å²) < 4.78 is 105. The minimum Gasteiger partial charge on any atom is -0.497 e. The number of carbonyl (C=O) groups is 1. The number of anilines is 3. The number of amides is 1. The van der Waals surface area contributed by atoms with E-state index in [4.69, 9.17) is 28.9 Å². The second-order valence-electron chi connectivity index (χ2n) is 19.2. The summed E-state index contributed by atoms with van der Waals surface area (Å²) in [6, 6.07) is 13.7. The van der Waals surface area contributed by atoms with Gasteiger partial charge < -0.3 is 38.8 Å². The first-order valence-electron chi connectivity index (χ1n) is 22.4. The van der Waals surface area contributed by atoms with Gasteiger partial charge in [-0.2, -0.15) is 18.2 Å². The van der Waals surface area contributed by atoms with Crippen LogP contribution in [0.4, 0.5) is 44.2 Å². The summed E-state index contributed by atoms with van der Waals surface area (Å²) in [6.07, 6.45) is -4.61. The van der Waals surface area contributed by atoms with Crippen LogP contribution in [-0.4, -0.2) is 100 Å². The van der Waals surface area contributed by atoms with Crippen molar-refractivity contribution in [1.29, 1.82) is 0 Å². The molecule has 356 valence electrons. The molecule has 67 heavy (non-hydrogen) atoms. The van der Waals surface area contributed by atoms with Gasteiger partial charge in [-0.05, 0) is 108 Å². The Bertz CT molecular complexity index is 2660. The van der Waals surface area contributed by atoms with Crippen molar-refractivity contribution in [2.75, 3.05) is 48.6 Å². The van der Waals surface area contributed by atoms with Crippen LogP contribution in [0.15, 0.2) is 54.6 Å². The predicted octanol–water partition coefficient (Wildman–Crippen LogP) is 9.22. The highest BCUT2D eigenvalue weighted by atomic mass is 19.4. The SMILES string of the molecule is COc1ccc(CN(Cc2ccc(OC)cc2)c2cc(-c3nc4c5c(nc(N6CCC6(C)CO)nc5c3F)N3C[C@H]5CC[C@@H]([C@H]3[C@H](C)O4)N5C(=O)OC(C)(C)C)c(C(F)(F)F)c(C)c2F)cc1. The number of nitrogens with zero attached hydrogens (tertiary/aromatic N) is 7. The van der Waals surface area contributed by atoms with Gasteiger partial charge in [-0.1, -0.05) is 24.3 Å². The summed E-state index contributed by atoms with van der Waals surface area (Å²) in [6.45, 7) is 10.5. The molecule has 5 atom stereocenters. The average Bonchev–Trinajstić information content (AvgIpc) is 3.53. The van der Waals surface area contributed by atoms with E-state index in [9.17, 15) is 9.90 Å². The Morgan fingerprint density at radius 3 is 2.10 bits per heavy atom. The zero-order chi connectivity index (χ0) is 47.9. The van der Waals surface area contributed by atoms with Gasteiger partial charge in [0, 0.05) is 31.7 Å². The van der Waals surface area contributed by atoms with Crippen LogP contribution in [0.5, 0.6) is 17.4 Å². The lowest BCUT2D eigenvalue weighted by atomic mass is 9.88. The van der Waals surface area contributed by atoms with E-state index in [0.717, 1.165) is 13.0 Å². The molecule has 0 aliphatic carbocycles. The van der Waals surface area contributed by atoms with Crippen LogP contribution in [0.1, 0.15) is 76.1 Å². The molecule has 0 radical (unpaired) electrons. The normalized spacial score (nSPS) is 22.2. The van der Waals surface area contributed by atoms with Crippen molar-refractivity contribution in [2.24, 2.45) is 0 Å². The van der Waals surface area contributed by atoms with E-state index in [1.807, 2.05) is 11.8 Å². The molecule has 13 nitrogen and oxygen atoms in total. The number of hydrogen-bond acceptors (Lipinski definition) is 12. The molecule has 6 heterocycles. The van der Waals surface area contributed by atoms with Crippen molar-refractivity contribution in [3.63, 3.8) is 0 Å². The van der Waals surface area contributed by atoms with Crippen molar-refractivity contribution < 1.29 is 50.8 Å². The smallest absolute Gasteiger partial charge is 0.417 e. The first kappa shape index (κ1) is 46.0. The van der Waals surface area contributed by atoms with E-state index in [1.54, 1.807) is 90.9 Å². The second kappa shape index (κ2) is 16.9. The molecule has 3 saturated heterocycles. The number of methoxy groups -OCH3 is 2. The Kier molecular flexibility index (Phi) is 11.6. The number of aliphatic hydroxyl groups is 1. The van der Waals surface area contributed by atoms with Crippen LogP contribution >= 0.6 is 0 Å². The Hall–Kier alpha value is -6.17. The number of carbonyl (C=O) groups excluding carboxylic acids is 1. The van der Waals surface area contributed by atoms with E-state index >= 15 is 22.0 Å². The zero-order valence-corrected chi connectivity index (χ0v) is 38.7. The number of aliphatic hydroxyl groups excluding tert-OH is 1. The standard InChI is InChI=1S/C49H54F5N7O6/c1-26-37(49(52,53)54)33(21-35(38(26)50)58(22-28-9-14-31(64-7)15-10-28)23-29-11-16-32(65-8)17-12-29)40-39(51)41-36-43(57-45(56-41)60-20-19-48(60,6)25-62)59-24-30-13-18-34(42(59)27(2)66-44(36)55-40)61(30)46(63)67-47(3,4)5/h9-12,14-17,21,27,30,34,42,62H,13,18-20,22-25H2,1-8H3/t27-,30+,34-,42+,48?/m0/s1. The topological polar surface area (TPSA) is 126 Å². The Balaban J connectivity index is 1.25. The van der Waals surface area contributed by atoms with E-state index in [2.05, 4.69) is 4.98 Å². The lowest BCUT2D eigenvalue weighted by molar-refractivity contribution is -0.137. The Labute approximate surface area is 385 Å². The third kappa shape index (κ3) is 8.14. The number of halogens is 5. The zero-order valence-electron chi connectivity index (χ0n) is 38.7. The predicted molar refractivity (Wildman–Crippen MR) is 242 cm³/mol. The molecule has 3 aromatic carbocycles. The summed E-state index contributed by atoms with van der Waals surface area (Å²) in [5.74, 6) is -1.10. The molecule has 5 aromatic rings. The lowest BCUT2D eigenvalue weighted by Gasteiger charge is -2.50. The van der Waals surface area contributed by atoms with Crippen molar-refractivity contribution in [3.05, 3.63) is 88.5 Å². The lowest BCUT2D eigenvalue weighted by Crippen LogP contribution is -2.65. The van der Waals surface area contributed by atoms with Crippen LogP contribution in [-0.2, 0) is 24.0 Å². The number of benzene rings is 3. The van der Waals surface area contributed by atoms with Gasteiger partial charge in [-0.25, -0.2) is 23.5 Å². The maximum atomic E-state index is 18.0. The largest absolute Gasteiger partial charge is 0.497 e. The highest BCUT2D eigenvalue weighted by molar-refractivity contribution is 5.98. The van der Waals surface area contributed by atoms with E-state index < -0.39 is 75.6 Å². The molecule has 4 aliphatic rings. The van der Waals surface area contributed by atoms with Crippen molar-refractivity contribution >= 4 is 34.4 Å². The van der Waals surface area contributed by atoms with Gasteiger partial charge in [-0.15, -0.1) is 0 Å². The second-order valence-corrected chi connectivity index (χ2v) is 19.2. The van der Waals surface area contributed by atoms with Gasteiger partial charge in [0.25, 0.3) is 0 Å². The fourth-order valence-corrected chi connectivity index (χ4v) is 10.1. The van der Waals surface area contributed by atoms with Crippen LogP contribution in [0.3, 0.4) is 0 Å². The molecular weight excluding hydrogens is 878 g/mol. The Morgan fingerprint density at radius 1 is 0.940 bits per heavy atom. The number of rotatable bonds is 10. The molecule has 9 rings (SSSR count). The Morgan fingerprint density at radius 2 is 1.57 bits per heavy atom. The summed E-state index contributed by atoms with van der Waals surface area (Å²) in [7, 11) is 3.04. The van der Waals surface area contributed by atoms with Crippen LogP contribution in [0.2, 0.25) is 0 Å². The average molecular weight is 932 g/mol. The van der Waals surface area contributed by atoms with E-state index in [1.165, 1.54) is 14.2 Å². The first-order chi connectivity index (χ1) is 31.7. The quantitative estimate of drug-likeness (QED) is 0.134. The van der Waals surface area contributed by atoms with Crippen molar-refractivity contribution in [3.8, 4) is 28.6 Å². The molecule has 18 heteroatoms. The van der Waals surface area contributed by atoms with Crippen LogP contribution in [0, 0.1) is 18.6 Å². The fourth-order valence-electron chi connectivity index (χ4n) is 10.1. The van der Waals surface area contributed by atoms with E-state index in [-0.39, 0.29) is 66.5 Å². The van der Waals surface area contributed by atoms with Gasteiger partial charge in [0.1, 0.15) is 51.4 Å². The number of pyridine rings is 1. The molecule has 2 aromatic heterocycles. The number of piperazine rings is 1. The highest BCUT2D eigenvalue weighted by Crippen LogP contribution is 2.50. The minimum atomic E-state index is -5.17. The summed E-state index contributed by atoms with van der Waals surface area (Å²) in [5.41, 5.74) is -4.40. The van der Waals surface area contributed by atoms with Gasteiger partial charge in [0.15, 0.2) is 5.82 Å².